The standard InChI is InChI=1S/C13H22N2O/c1-10-8-15(9-12(10)14)13(16)7-11-5-3-2-4-6-11/h5,10,12H,2-4,6-9,14H2,1H3. The van der Waals surface area contributed by atoms with Gasteiger partial charge in [0, 0.05) is 25.6 Å². The molecule has 1 saturated heterocycles. The lowest BCUT2D eigenvalue weighted by atomic mass is 9.97. The number of nitrogens with two attached hydrogens (primary N) is 1. The highest BCUT2D eigenvalue weighted by atomic mass is 16.2. The van der Waals surface area contributed by atoms with Gasteiger partial charge in [-0.25, -0.2) is 0 Å². The molecule has 0 saturated carbocycles. The van der Waals surface area contributed by atoms with Gasteiger partial charge in [-0.1, -0.05) is 18.6 Å². The quantitative estimate of drug-likeness (QED) is 0.723. The summed E-state index contributed by atoms with van der Waals surface area (Å²) in [4.78, 5) is 14.0. The third-order valence-electron chi connectivity index (χ3n) is 3.79. The van der Waals surface area contributed by atoms with Gasteiger partial charge in [0.1, 0.15) is 0 Å². The highest BCUT2D eigenvalue weighted by Gasteiger charge is 2.29. The van der Waals surface area contributed by atoms with Crippen molar-refractivity contribution in [3.8, 4) is 0 Å². The van der Waals surface area contributed by atoms with E-state index in [1.54, 1.807) is 0 Å². The summed E-state index contributed by atoms with van der Waals surface area (Å²) in [6.45, 7) is 3.71. The van der Waals surface area contributed by atoms with E-state index in [4.69, 9.17) is 5.73 Å². The van der Waals surface area contributed by atoms with Crippen molar-refractivity contribution in [1.29, 1.82) is 0 Å². The van der Waals surface area contributed by atoms with Crippen LogP contribution < -0.4 is 5.73 Å². The molecule has 90 valence electrons. The van der Waals surface area contributed by atoms with Crippen LogP contribution in [0.4, 0.5) is 0 Å². The zero-order valence-electron chi connectivity index (χ0n) is 10.1. The van der Waals surface area contributed by atoms with Crippen LogP contribution in [-0.4, -0.2) is 29.9 Å². The van der Waals surface area contributed by atoms with Gasteiger partial charge < -0.3 is 10.6 Å². The lowest BCUT2D eigenvalue weighted by Crippen LogP contribution is -2.32. The Morgan fingerprint density at radius 3 is 2.88 bits per heavy atom. The van der Waals surface area contributed by atoms with Crippen LogP contribution in [0.3, 0.4) is 0 Å². The molecule has 1 aliphatic carbocycles. The second-order valence-electron chi connectivity index (χ2n) is 5.22. The van der Waals surface area contributed by atoms with Gasteiger partial charge in [-0.3, -0.25) is 4.79 Å². The Morgan fingerprint density at radius 1 is 1.50 bits per heavy atom. The predicted molar refractivity (Wildman–Crippen MR) is 64.9 cm³/mol. The van der Waals surface area contributed by atoms with E-state index in [1.807, 2.05) is 4.90 Å². The second kappa shape index (κ2) is 5.00. The number of nitrogens with zero attached hydrogens (tertiary/aromatic N) is 1. The van der Waals surface area contributed by atoms with Crippen molar-refractivity contribution in [3.05, 3.63) is 11.6 Å². The number of carbonyl (C=O) groups excluding carboxylic acids is 1. The van der Waals surface area contributed by atoms with E-state index in [0.717, 1.165) is 25.9 Å². The van der Waals surface area contributed by atoms with Crippen molar-refractivity contribution in [2.24, 2.45) is 11.7 Å². The van der Waals surface area contributed by atoms with Crippen LogP contribution in [0.15, 0.2) is 11.6 Å². The van der Waals surface area contributed by atoms with E-state index in [-0.39, 0.29) is 11.9 Å². The molecule has 2 aliphatic rings. The summed E-state index contributed by atoms with van der Waals surface area (Å²) in [5.74, 6) is 0.720. The summed E-state index contributed by atoms with van der Waals surface area (Å²) >= 11 is 0. The number of allylic oxidation sites excluding steroid dienone is 1. The Bertz CT molecular complexity index is 288. The van der Waals surface area contributed by atoms with Crippen molar-refractivity contribution in [2.45, 2.75) is 45.1 Å². The maximum Gasteiger partial charge on any atom is 0.226 e. The first-order valence-corrected chi connectivity index (χ1v) is 6.38. The number of rotatable bonds is 2. The smallest absolute Gasteiger partial charge is 0.226 e. The zero-order chi connectivity index (χ0) is 11.5. The van der Waals surface area contributed by atoms with Crippen LogP contribution in [0.25, 0.3) is 0 Å². The zero-order valence-corrected chi connectivity index (χ0v) is 10.1. The minimum atomic E-state index is 0.171. The van der Waals surface area contributed by atoms with E-state index >= 15 is 0 Å². The number of hydrogen-bond donors (Lipinski definition) is 1. The molecule has 3 nitrogen and oxygen atoms in total. The molecule has 0 aromatic carbocycles. The minimum absolute atomic E-state index is 0.171. The van der Waals surface area contributed by atoms with E-state index in [2.05, 4.69) is 13.0 Å². The molecule has 0 spiro atoms. The number of carbonyl (C=O) groups is 1. The molecule has 1 aliphatic heterocycles. The average molecular weight is 222 g/mol. The van der Waals surface area contributed by atoms with E-state index < -0.39 is 0 Å². The van der Waals surface area contributed by atoms with Gasteiger partial charge in [0.15, 0.2) is 0 Å². The summed E-state index contributed by atoms with van der Waals surface area (Å²) in [5.41, 5.74) is 7.27. The van der Waals surface area contributed by atoms with E-state index in [9.17, 15) is 4.79 Å². The number of hydrogen-bond acceptors (Lipinski definition) is 2. The fourth-order valence-corrected chi connectivity index (χ4v) is 2.57. The Balaban J connectivity index is 1.86. The fourth-order valence-electron chi connectivity index (χ4n) is 2.57. The minimum Gasteiger partial charge on any atom is -0.341 e. The van der Waals surface area contributed by atoms with Gasteiger partial charge in [0.05, 0.1) is 0 Å². The molecule has 2 unspecified atom stereocenters. The predicted octanol–water partition coefficient (Wildman–Crippen LogP) is 1.68. The third-order valence-corrected chi connectivity index (χ3v) is 3.79. The van der Waals surface area contributed by atoms with Crippen molar-refractivity contribution < 1.29 is 4.79 Å². The first-order valence-electron chi connectivity index (χ1n) is 6.38. The first-order chi connectivity index (χ1) is 7.66. The van der Waals surface area contributed by atoms with E-state index in [1.165, 1.54) is 18.4 Å². The van der Waals surface area contributed by atoms with Crippen LogP contribution in [0.5, 0.6) is 0 Å². The summed E-state index contributed by atoms with van der Waals surface area (Å²) in [5, 5.41) is 0. The van der Waals surface area contributed by atoms with E-state index in [0.29, 0.717) is 12.3 Å². The van der Waals surface area contributed by atoms with Crippen LogP contribution in [-0.2, 0) is 4.79 Å². The molecule has 2 rings (SSSR count). The van der Waals surface area contributed by atoms with Crippen molar-refractivity contribution in [3.63, 3.8) is 0 Å². The molecule has 3 heteroatoms. The summed E-state index contributed by atoms with van der Waals surface area (Å²) < 4.78 is 0. The third kappa shape index (κ3) is 2.64. The van der Waals surface area contributed by atoms with Gasteiger partial charge in [0.2, 0.25) is 5.91 Å². The lowest BCUT2D eigenvalue weighted by molar-refractivity contribution is -0.129. The second-order valence-corrected chi connectivity index (χ2v) is 5.22. The van der Waals surface area contributed by atoms with Crippen molar-refractivity contribution in [1.82, 2.24) is 4.90 Å². The van der Waals surface area contributed by atoms with Gasteiger partial charge in [-0.05, 0) is 31.6 Å². The Morgan fingerprint density at radius 2 is 2.31 bits per heavy atom. The summed E-state index contributed by atoms with van der Waals surface area (Å²) in [6.07, 6.45) is 7.67. The molecule has 2 atom stereocenters. The highest BCUT2D eigenvalue weighted by Crippen LogP contribution is 2.22. The fraction of sp³-hybridized carbons (Fsp3) is 0.769. The van der Waals surface area contributed by atoms with Gasteiger partial charge in [-0.2, -0.15) is 0 Å². The molecule has 1 fully saturated rings. The normalized spacial score (nSPS) is 30.4. The molecule has 0 radical (unpaired) electrons. The highest BCUT2D eigenvalue weighted by molar-refractivity contribution is 5.79. The van der Waals surface area contributed by atoms with Crippen LogP contribution in [0, 0.1) is 5.92 Å². The molecule has 0 aromatic heterocycles. The number of amides is 1. The molecule has 1 amide bonds. The maximum atomic E-state index is 12.0. The molecular weight excluding hydrogens is 200 g/mol. The summed E-state index contributed by atoms with van der Waals surface area (Å²) in [6, 6.07) is 0.171. The van der Waals surface area contributed by atoms with Crippen molar-refractivity contribution >= 4 is 5.91 Å². The topological polar surface area (TPSA) is 46.3 Å². The molecule has 16 heavy (non-hydrogen) atoms. The monoisotopic (exact) mass is 222 g/mol. The molecule has 0 aromatic rings. The Hall–Kier alpha value is -0.830. The van der Waals surface area contributed by atoms with Gasteiger partial charge in [0.25, 0.3) is 0 Å². The number of likely N-dealkylation sites (tertiary alicyclic amines) is 1. The SMILES string of the molecule is CC1CN(C(=O)CC2=CCCCC2)CC1N. The molecule has 1 heterocycles. The first kappa shape index (κ1) is 11.6. The Kier molecular flexibility index (Phi) is 3.64. The van der Waals surface area contributed by atoms with Crippen LogP contribution in [0.1, 0.15) is 39.0 Å². The molecular formula is C13H22N2O. The summed E-state index contributed by atoms with van der Waals surface area (Å²) in [7, 11) is 0. The maximum absolute atomic E-state index is 12.0. The molecule has 0 bridgehead atoms. The Labute approximate surface area is 97.7 Å². The lowest BCUT2D eigenvalue weighted by Gasteiger charge is -2.18. The van der Waals surface area contributed by atoms with Crippen LogP contribution >= 0.6 is 0 Å². The van der Waals surface area contributed by atoms with Gasteiger partial charge in [-0.15, -0.1) is 0 Å². The van der Waals surface area contributed by atoms with Gasteiger partial charge >= 0.3 is 0 Å². The molecule has 2 N–H and O–H groups in total. The largest absolute Gasteiger partial charge is 0.341 e. The van der Waals surface area contributed by atoms with Crippen LogP contribution in [0.2, 0.25) is 0 Å². The van der Waals surface area contributed by atoms with Crippen molar-refractivity contribution in [2.75, 3.05) is 13.1 Å². The average Bonchev–Trinajstić information content (AvgIpc) is 2.61.